The lowest BCUT2D eigenvalue weighted by atomic mass is 10.1. The Bertz CT molecular complexity index is 562. The number of rotatable bonds is 3. The normalized spacial score (nSPS) is 10.2. The number of carboxylic acids is 1. The van der Waals surface area contributed by atoms with E-state index in [4.69, 9.17) is 14.4 Å². The van der Waals surface area contributed by atoms with Crippen LogP contribution in [0.3, 0.4) is 0 Å². The molecule has 88 valence electrons. The highest BCUT2D eigenvalue weighted by atomic mass is 16.5. The molecule has 0 aromatic carbocycles. The van der Waals surface area contributed by atoms with Crippen LogP contribution >= 0.6 is 0 Å². The summed E-state index contributed by atoms with van der Waals surface area (Å²) in [6.45, 7) is 1.55. The predicted molar refractivity (Wildman–Crippen MR) is 58.0 cm³/mol. The first-order valence-electron chi connectivity index (χ1n) is 4.83. The van der Waals surface area contributed by atoms with Crippen LogP contribution in [0.2, 0.25) is 0 Å². The lowest BCUT2D eigenvalue weighted by Crippen LogP contribution is -1.99. The van der Waals surface area contributed by atoms with Crippen LogP contribution in [0.5, 0.6) is 5.88 Å². The fourth-order valence-electron chi connectivity index (χ4n) is 1.49. The summed E-state index contributed by atoms with van der Waals surface area (Å²) in [7, 11) is 1.48. The lowest BCUT2D eigenvalue weighted by molar-refractivity contribution is 0.0696. The quantitative estimate of drug-likeness (QED) is 0.870. The van der Waals surface area contributed by atoms with E-state index in [2.05, 4.69) is 10.1 Å². The van der Waals surface area contributed by atoms with Crippen molar-refractivity contribution in [3.63, 3.8) is 0 Å². The van der Waals surface area contributed by atoms with Crippen LogP contribution in [0.1, 0.15) is 16.1 Å². The van der Waals surface area contributed by atoms with Crippen LogP contribution in [0.15, 0.2) is 22.9 Å². The summed E-state index contributed by atoms with van der Waals surface area (Å²) in [5.74, 6) is -0.419. The van der Waals surface area contributed by atoms with Gasteiger partial charge in [0.1, 0.15) is 17.0 Å². The summed E-state index contributed by atoms with van der Waals surface area (Å²) in [6.07, 6.45) is 1.52. The molecule has 6 nitrogen and oxygen atoms in total. The van der Waals surface area contributed by atoms with Crippen molar-refractivity contribution >= 4 is 5.97 Å². The zero-order valence-corrected chi connectivity index (χ0v) is 9.30. The number of nitrogens with zero attached hydrogens (tertiary/aromatic N) is 2. The minimum absolute atomic E-state index is 0.0539. The molecular formula is C11H10N2O4. The molecule has 2 aromatic rings. The summed E-state index contributed by atoms with van der Waals surface area (Å²) in [6, 6.07) is 3.25. The van der Waals surface area contributed by atoms with E-state index in [9.17, 15) is 4.79 Å². The molecule has 0 amide bonds. The van der Waals surface area contributed by atoms with Gasteiger partial charge in [0.2, 0.25) is 5.88 Å². The van der Waals surface area contributed by atoms with E-state index in [1.807, 2.05) is 0 Å². The van der Waals surface area contributed by atoms with Gasteiger partial charge in [-0.2, -0.15) is 0 Å². The van der Waals surface area contributed by atoms with Crippen molar-refractivity contribution in [3.05, 3.63) is 29.7 Å². The second kappa shape index (κ2) is 4.25. The molecule has 0 radical (unpaired) electrons. The third kappa shape index (κ3) is 1.96. The molecule has 17 heavy (non-hydrogen) atoms. The van der Waals surface area contributed by atoms with Crippen LogP contribution < -0.4 is 4.74 Å². The fourth-order valence-corrected chi connectivity index (χ4v) is 1.49. The fraction of sp³-hybridized carbons (Fsp3) is 0.182. The zero-order chi connectivity index (χ0) is 12.4. The molecule has 0 unspecified atom stereocenters. The number of aromatic nitrogens is 2. The third-order valence-corrected chi connectivity index (χ3v) is 2.29. The standard InChI is InChI=1S/C11H10N2O4/c1-6-9(11(14)15)10(13-17-6)7-3-4-12-8(5-7)16-2/h3-5H,1-2H3,(H,14,15). The molecule has 2 heterocycles. The highest BCUT2D eigenvalue weighted by Gasteiger charge is 2.21. The molecule has 0 atom stereocenters. The maximum absolute atomic E-state index is 11.1. The molecule has 6 heteroatoms. The molecule has 0 aliphatic rings. The number of aromatic carboxylic acids is 1. The Morgan fingerprint density at radius 1 is 1.53 bits per heavy atom. The molecule has 0 aliphatic carbocycles. The number of hydrogen-bond acceptors (Lipinski definition) is 5. The van der Waals surface area contributed by atoms with Crippen molar-refractivity contribution in [2.24, 2.45) is 0 Å². The van der Waals surface area contributed by atoms with Gasteiger partial charge in [-0.15, -0.1) is 0 Å². The van der Waals surface area contributed by atoms with Gasteiger partial charge >= 0.3 is 5.97 Å². The number of carboxylic acid groups (broad SMARTS) is 1. The second-order valence-electron chi connectivity index (χ2n) is 3.35. The van der Waals surface area contributed by atoms with Crippen molar-refractivity contribution in [1.29, 1.82) is 0 Å². The van der Waals surface area contributed by atoms with Crippen LogP contribution in [0.4, 0.5) is 0 Å². The molecule has 2 rings (SSSR count). The van der Waals surface area contributed by atoms with Gasteiger partial charge in [-0.3, -0.25) is 0 Å². The summed E-state index contributed by atoms with van der Waals surface area (Å²) in [5, 5.41) is 12.8. The molecule has 0 bridgehead atoms. The van der Waals surface area contributed by atoms with Gasteiger partial charge in [0.05, 0.1) is 7.11 Å². The van der Waals surface area contributed by atoms with Gasteiger partial charge < -0.3 is 14.4 Å². The number of hydrogen-bond donors (Lipinski definition) is 1. The first-order chi connectivity index (χ1) is 8.13. The number of pyridine rings is 1. The molecule has 0 saturated heterocycles. The van der Waals surface area contributed by atoms with Gasteiger partial charge in [0.25, 0.3) is 0 Å². The van der Waals surface area contributed by atoms with E-state index < -0.39 is 5.97 Å². The molecule has 0 spiro atoms. The Labute approximate surface area is 96.8 Å². The Kier molecular flexibility index (Phi) is 2.78. The van der Waals surface area contributed by atoms with Gasteiger partial charge in [-0.05, 0) is 13.0 Å². The van der Waals surface area contributed by atoms with Gasteiger partial charge in [-0.25, -0.2) is 9.78 Å². The minimum Gasteiger partial charge on any atom is -0.481 e. The topological polar surface area (TPSA) is 85.5 Å². The van der Waals surface area contributed by atoms with E-state index in [1.54, 1.807) is 19.1 Å². The Balaban J connectivity index is 2.56. The molecule has 0 aliphatic heterocycles. The third-order valence-electron chi connectivity index (χ3n) is 2.29. The Morgan fingerprint density at radius 3 is 2.94 bits per heavy atom. The number of carbonyl (C=O) groups is 1. The lowest BCUT2D eigenvalue weighted by Gasteiger charge is -2.01. The SMILES string of the molecule is COc1cc(-c2noc(C)c2C(=O)O)ccn1. The second-order valence-corrected chi connectivity index (χ2v) is 3.35. The van der Waals surface area contributed by atoms with Gasteiger partial charge in [0, 0.05) is 17.8 Å². The van der Waals surface area contributed by atoms with Crippen molar-refractivity contribution < 1.29 is 19.2 Å². The zero-order valence-electron chi connectivity index (χ0n) is 9.30. The molecule has 0 fully saturated rings. The number of methoxy groups -OCH3 is 1. The summed E-state index contributed by atoms with van der Waals surface area (Å²) in [4.78, 5) is 15.0. The summed E-state index contributed by atoms with van der Waals surface area (Å²) >= 11 is 0. The Morgan fingerprint density at radius 2 is 2.29 bits per heavy atom. The van der Waals surface area contributed by atoms with Crippen LogP contribution in [0.25, 0.3) is 11.3 Å². The van der Waals surface area contributed by atoms with Crippen molar-refractivity contribution in [3.8, 4) is 17.1 Å². The van der Waals surface area contributed by atoms with E-state index in [-0.39, 0.29) is 17.0 Å². The average molecular weight is 234 g/mol. The minimum atomic E-state index is -1.07. The highest BCUT2D eigenvalue weighted by Crippen LogP contribution is 2.26. The molecule has 1 N–H and O–H groups in total. The summed E-state index contributed by atoms with van der Waals surface area (Å²) in [5.41, 5.74) is 0.917. The first-order valence-corrected chi connectivity index (χ1v) is 4.83. The van der Waals surface area contributed by atoms with Crippen molar-refractivity contribution in [2.75, 3.05) is 7.11 Å². The van der Waals surface area contributed by atoms with Gasteiger partial charge in [0.15, 0.2) is 0 Å². The van der Waals surface area contributed by atoms with E-state index in [0.29, 0.717) is 11.4 Å². The van der Waals surface area contributed by atoms with Crippen LogP contribution in [-0.4, -0.2) is 28.3 Å². The van der Waals surface area contributed by atoms with E-state index in [1.165, 1.54) is 13.3 Å². The monoisotopic (exact) mass is 234 g/mol. The van der Waals surface area contributed by atoms with Gasteiger partial charge in [-0.1, -0.05) is 5.16 Å². The maximum Gasteiger partial charge on any atom is 0.341 e. The van der Waals surface area contributed by atoms with Crippen molar-refractivity contribution in [1.82, 2.24) is 10.1 Å². The molecular weight excluding hydrogens is 224 g/mol. The van der Waals surface area contributed by atoms with Crippen LogP contribution in [0, 0.1) is 6.92 Å². The largest absolute Gasteiger partial charge is 0.481 e. The highest BCUT2D eigenvalue weighted by molar-refractivity contribution is 5.95. The van der Waals surface area contributed by atoms with E-state index in [0.717, 1.165) is 0 Å². The van der Waals surface area contributed by atoms with Crippen LogP contribution in [-0.2, 0) is 0 Å². The van der Waals surface area contributed by atoms with Crippen molar-refractivity contribution in [2.45, 2.75) is 6.92 Å². The Hall–Kier alpha value is -2.37. The molecule has 2 aromatic heterocycles. The number of ether oxygens (including phenoxy) is 1. The first kappa shape index (κ1) is 11.1. The smallest absolute Gasteiger partial charge is 0.341 e. The average Bonchev–Trinajstić information content (AvgIpc) is 2.71. The summed E-state index contributed by atoms with van der Waals surface area (Å²) < 4.78 is 9.86. The maximum atomic E-state index is 11.1. The number of aryl methyl sites for hydroxylation is 1. The molecule has 0 saturated carbocycles. The predicted octanol–water partition coefficient (Wildman–Crippen LogP) is 1.75. The van der Waals surface area contributed by atoms with E-state index >= 15 is 0 Å².